The van der Waals surface area contributed by atoms with Crippen LogP contribution in [-0.4, -0.2) is 55.4 Å². The van der Waals surface area contributed by atoms with Crippen LogP contribution in [0.1, 0.15) is 38.5 Å². The van der Waals surface area contributed by atoms with Crippen molar-refractivity contribution in [2.24, 2.45) is 4.99 Å². The van der Waals surface area contributed by atoms with Crippen LogP contribution in [0.2, 0.25) is 0 Å². The Balaban J connectivity index is 0.00000261. The van der Waals surface area contributed by atoms with Gasteiger partial charge in [-0.3, -0.25) is 4.99 Å². The summed E-state index contributed by atoms with van der Waals surface area (Å²) in [6.07, 6.45) is 7.96. The van der Waals surface area contributed by atoms with Gasteiger partial charge < -0.3 is 15.5 Å². The number of rotatable bonds is 6. The summed E-state index contributed by atoms with van der Waals surface area (Å²) in [6, 6.07) is 8.26. The fraction of sp³-hybridized carbons (Fsp3) is 0.650. The van der Waals surface area contributed by atoms with Gasteiger partial charge in [-0.05, 0) is 37.8 Å². The molecule has 3 rings (SSSR count). The number of hydrogen-bond donors (Lipinski definition) is 2. The molecule has 7 heteroatoms. The van der Waals surface area contributed by atoms with Crippen LogP contribution in [0.4, 0.5) is 4.39 Å². The highest BCUT2D eigenvalue weighted by Gasteiger charge is 2.27. The number of nitrogens with zero attached hydrogens (tertiary/aromatic N) is 2. The maximum absolute atomic E-state index is 13.6. The van der Waals surface area contributed by atoms with Gasteiger partial charge in [0.15, 0.2) is 5.96 Å². The highest BCUT2D eigenvalue weighted by Crippen LogP contribution is 2.26. The standard InChI is InChI=1S/C20H31FN4S.HI/c1-22-20(23-12-15-26-19-9-5-4-8-18(19)21)24-16-10-13-25(14-11-16)17-6-2-3-7-17;/h4-5,8-9,16-17H,2-3,6-7,10-15H2,1H3,(H2,22,23,24);1H. The van der Waals surface area contributed by atoms with Gasteiger partial charge in [0.25, 0.3) is 0 Å². The molecule has 1 saturated carbocycles. The van der Waals surface area contributed by atoms with Crippen LogP contribution < -0.4 is 10.6 Å². The van der Waals surface area contributed by atoms with E-state index in [1.807, 2.05) is 19.2 Å². The molecule has 0 aromatic heterocycles. The third kappa shape index (κ3) is 7.09. The minimum atomic E-state index is -0.144. The largest absolute Gasteiger partial charge is 0.356 e. The molecule has 1 heterocycles. The van der Waals surface area contributed by atoms with Crippen LogP contribution in [-0.2, 0) is 0 Å². The summed E-state index contributed by atoms with van der Waals surface area (Å²) in [5, 5.41) is 6.91. The first-order chi connectivity index (χ1) is 12.8. The molecule has 0 amide bonds. The summed E-state index contributed by atoms with van der Waals surface area (Å²) in [7, 11) is 1.81. The van der Waals surface area contributed by atoms with Crippen molar-refractivity contribution in [2.75, 3.05) is 32.4 Å². The molecule has 1 saturated heterocycles. The number of likely N-dealkylation sites (tertiary alicyclic amines) is 1. The summed E-state index contributed by atoms with van der Waals surface area (Å²) in [5.74, 6) is 1.52. The molecule has 0 bridgehead atoms. The molecule has 4 nitrogen and oxygen atoms in total. The topological polar surface area (TPSA) is 39.7 Å². The van der Waals surface area contributed by atoms with Crippen molar-refractivity contribution < 1.29 is 4.39 Å². The van der Waals surface area contributed by atoms with E-state index in [0.29, 0.717) is 10.9 Å². The van der Waals surface area contributed by atoms with Gasteiger partial charge in [0.05, 0.1) is 0 Å². The smallest absolute Gasteiger partial charge is 0.191 e. The first-order valence-electron chi connectivity index (χ1n) is 9.85. The minimum Gasteiger partial charge on any atom is -0.356 e. The monoisotopic (exact) mass is 506 g/mol. The fourth-order valence-electron chi connectivity index (χ4n) is 3.96. The fourth-order valence-corrected chi connectivity index (χ4v) is 4.76. The van der Waals surface area contributed by atoms with Gasteiger partial charge in [0.2, 0.25) is 0 Å². The second-order valence-corrected chi connectivity index (χ2v) is 8.31. The summed E-state index contributed by atoms with van der Waals surface area (Å²) >= 11 is 1.53. The van der Waals surface area contributed by atoms with Crippen molar-refractivity contribution in [1.29, 1.82) is 0 Å². The van der Waals surface area contributed by atoms with Crippen molar-refractivity contribution in [3.8, 4) is 0 Å². The van der Waals surface area contributed by atoms with Crippen molar-refractivity contribution in [2.45, 2.75) is 55.5 Å². The second kappa shape index (κ2) is 12.1. The van der Waals surface area contributed by atoms with E-state index in [9.17, 15) is 4.39 Å². The van der Waals surface area contributed by atoms with E-state index in [4.69, 9.17) is 0 Å². The van der Waals surface area contributed by atoms with Crippen molar-refractivity contribution in [3.05, 3.63) is 30.1 Å². The number of halogens is 2. The molecule has 1 aliphatic carbocycles. The lowest BCUT2D eigenvalue weighted by molar-refractivity contribution is 0.150. The minimum absolute atomic E-state index is 0. The summed E-state index contributed by atoms with van der Waals surface area (Å²) < 4.78 is 13.6. The zero-order valence-corrected chi connectivity index (χ0v) is 19.3. The highest BCUT2D eigenvalue weighted by atomic mass is 127. The number of hydrogen-bond acceptors (Lipinski definition) is 3. The predicted molar refractivity (Wildman–Crippen MR) is 124 cm³/mol. The van der Waals surface area contributed by atoms with Gasteiger partial charge in [-0.1, -0.05) is 25.0 Å². The maximum atomic E-state index is 13.6. The molecular formula is C20H32FIN4S. The first kappa shape index (κ1) is 22.7. The van der Waals surface area contributed by atoms with E-state index in [1.165, 1.54) is 69.4 Å². The van der Waals surface area contributed by atoms with Gasteiger partial charge in [0.1, 0.15) is 5.82 Å². The van der Waals surface area contributed by atoms with E-state index in [-0.39, 0.29) is 29.8 Å². The third-order valence-electron chi connectivity index (χ3n) is 5.42. The molecule has 2 N–H and O–H groups in total. The van der Waals surface area contributed by atoms with E-state index in [1.54, 1.807) is 6.07 Å². The number of nitrogens with one attached hydrogen (secondary N) is 2. The normalized spacial score (nSPS) is 19.7. The lowest BCUT2D eigenvalue weighted by atomic mass is 10.0. The Bertz CT molecular complexity index is 587. The molecule has 152 valence electrons. The predicted octanol–water partition coefficient (Wildman–Crippen LogP) is 4.11. The van der Waals surface area contributed by atoms with Gasteiger partial charge in [-0.25, -0.2) is 4.39 Å². The van der Waals surface area contributed by atoms with E-state index in [0.717, 1.165) is 24.3 Å². The van der Waals surface area contributed by atoms with Crippen LogP contribution in [0.5, 0.6) is 0 Å². The molecule has 2 fully saturated rings. The van der Waals surface area contributed by atoms with Crippen molar-refractivity contribution >= 4 is 41.7 Å². The molecule has 0 radical (unpaired) electrons. The lowest BCUT2D eigenvalue weighted by Crippen LogP contribution is -2.50. The third-order valence-corrected chi connectivity index (χ3v) is 6.47. The van der Waals surface area contributed by atoms with Crippen LogP contribution in [0.15, 0.2) is 34.2 Å². The van der Waals surface area contributed by atoms with Crippen molar-refractivity contribution in [1.82, 2.24) is 15.5 Å². The van der Waals surface area contributed by atoms with E-state index in [2.05, 4.69) is 20.5 Å². The van der Waals surface area contributed by atoms with E-state index < -0.39 is 0 Å². The zero-order chi connectivity index (χ0) is 18.2. The Morgan fingerprint density at radius 1 is 1.19 bits per heavy atom. The molecule has 1 aliphatic heterocycles. The highest BCUT2D eigenvalue weighted by molar-refractivity contribution is 14.0. The van der Waals surface area contributed by atoms with Crippen LogP contribution in [0.25, 0.3) is 0 Å². The molecule has 2 aliphatic rings. The molecule has 1 aromatic carbocycles. The maximum Gasteiger partial charge on any atom is 0.191 e. The lowest BCUT2D eigenvalue weighted by Gasteiger charge is -2.36. The molecule has 0 unspecified atom stereocenters. The number of piperidine rings is 1. The van der Waals surface area contributed by atoms with Crippen LogP contribution in [0.3, 0.4) is 0 Å². The van der Waals surface area contributed by atoms with Crippen LogP contribution in [0, 0.1) is 5.82 Å². The molecular weight excluding hydrogens is 474 g/mol. The van der Waals surface area contributed by atoms with Crippen molar-refractivity contribution in [3.63, 3.8) is 0 Å². The number of thioether (sulfide) groups is 1. The molecule has 0 atom stereocenters. The Morgan fingerprint density at radius 3 is 2.56 bits per heavy atom. The average Bonchev–Trinajstić information content (AvgIpc) is 3.21. The van der Waals surface area contributed by atoms with Crippen LogP contribution >= 0.6 is 35.7 Å². The second-order valence-electron chi connectivity index (χ2n) is 7.17. The molecule has 27 heavy (non-hydrogen) atoms. The first-order valence-corrected chi connectivity index (χ1v) is 10.8. The van der Waals surface area contributed by atoms with Gasteiger partial charge >= 0.3 is 0 Å². The summed E-state index contributed by atoms with van der Waals surface area (Å²) in [6.45, 7) is 3.16. The number of guanidine groups is 1. The Kier molecular flexibility index (Phi) is 10.2. The molecule has 1 aromatic rings. The average molecular weight is 506 g/mol. The Morgan fingerprint density at radius 2 is 1.89 bits per heavy atom. The number of aliphatic imine (C=N–C) groups is 1. The number of benzene rings is 1. The quantitative estimate of drug-likeness (QED) is 0.200. The van der Waals surface area contributed by atoms with Gasteiger partial charge in [0, 0.05) is 49.4 Å². The van der Waals surface area contributed by atoms with Gasteiger partial charge in [-0.2, -0.15) is 0 Å². The van der Waals surface area contributed by atoms with E-state index >= 15 is 0 Å². The SMILES string of the molecule is CN=C(NCCSc1ccccc1F)NC1CCN(C2CCCC2)CC1.I. The summed E-state index contributed by atoms with van der Waals surface area (Å²) in [4.78, 5) is 7.73. The Labute approximate surface area is 184 Å². The zero-order valence-electron chi connectivity index (χ0n) is 16.1. The summed E-state index contributed by atoms with van der Waals surface area (Å²) in [5.41, 5.74) is 0. The Hall–Kier alpha value is -0.540. The molecule has 0 spiro atoms. The van der Waals surface area contributed by atoms with Gasteiger partial charge in [-0.15, -0.1) is 35.7 Å².